The number of aryl methyl sites for hydroxylation is 1. The second-order valence-corrected chi connectivity index (χ2v) is 10.2. The zero-order valence-corrected chi connectivity index (χ0v) is 20.3. The summed E-state index contributed by atoms with van der Waals surface area (Å²) in [6, 6.07) is 17.3. The molecule has 6 nitrogen and oxygen atoms in total. The summed E-state index contributed by atoms with van der Waals surface area (Å²) in [5, 5.41) is 19.5. The van der Waals surface area contributed by atoms with Gasteiger partial charge in [0.25, 0.3) is 0 Å². The molecule has 2 aliphatic heterocycles. The second-order valence-electron chi connectivity index (χ2n) is 9.80. The minimum Gasteiger partial charge on any atom is -0.488 e. The van der Waals surface area contributed by atoms with Crippen LogP contribution in [0.2, 0.25) is 5.02 Å². The number of anilines is 2. The number of ether oxygens (including phenoxy) is 1. The van der Waals surface area contributed by atoms with Crippen LogP contribution < -0.4 is 9.64 Å². The van der Waals surface area contributed by atoms with E-state index >= 15 is 0 Å². The number of carboxylic acids is 1. The number of amides is 1. The van der Waals surface area contributed by atoms with Gasteiger partial charge in [-0.05, 0) is 92.8 Å². The lowest BCUT2D eigenvalue weighted by Crippen LogP contribution is -2.37. The number of halogens is 1. The highest BCUT2D eigenvalue weighted by Crippen LogP contribution is 2.51. The Hall–Kier alpha value is -3.82. The molecule has 0 saturated carbocycles. The first-order valence-electron chi connectivity index (χ1n) is 11.3. The third-order valence-corrected chi connectivity index (χ3v) is 7.18. The first kappa shape index (κ1) is 22.9. The highest BCUT2D eigenvalue weighted by molar-refractivity contribution is 6.31. The monoisotopic (exact) mass is 486 g/mol. The molecule has 0 unspecified atom stereocenters. The van der Waals surface area contributed by atoms with E-state index in [0.29, 0.717) is 22.0 Å². The number of nitrogens with zero attached hydrogens (tertiary/aromatic N) is 2. The first-order chi connectivity index (χ1) is 16.5. The lowest BCUT2D eigenvalue weighted by atomic mass is 9.76. The molecule has 7 heteroatoms. The van der Waals surface area contributed by atoms with Gasteiger partial charge in [0.1, 0.15) is 11.4 Å². The fraction of sp³-hybridized carbons (Fsp3) is 0.250. The molecule has 0 saturated heterocycles. The Kier molecular flexibility index (Phi) is 5.15. The summed E-state index contributed by atoms with van der Waals surface area (Å²) in [7, 11) is 0. The van der Waals surface area contributed by atoms with Gasteiger partial charge in [-0.1, -0.05) is 23.7 Å². The van der Waals surface area contributed by atoms with Gasteiger partial charge in [0.05, 0.1) is 34.0 Å². The molecule has 35 heavy (non-hydrogen) atoms. The van der Waals surface area contributed by atoms with Crippen LogP contribution in [0, 0.1) is 11.3 Å². The average molecular weight is 487 g/mol. The van der Waals surface area contributed by atoms with Crippen LogP contribution in [0.4, 0.5) is 11.4 Å². The third kappa shape index (κ3) is 3.64. The van der Waals surface area contributed by atoms with Crippen molar-refractivity contribution in [3.8, 4) is 11.8 Å². The van der Waals surface area contributed by atoms with E-state index in [-0.39, 0.29) is 22.6 Å². The molecule has 1 N–H and O–H groups in total. The topological polar surface area (TPSA) is 90.6 Å². The smallest absolute Gasteiger partial charge is 0.335 e. The van der Waals surface area contributed by atoms with E-state index in [4.69, 9.17) is 16.3 Å². The lowest BCUT2D eigenvalue weighted by Gasteiger charge is -2.34. The number of aromatic carboxylic acids is 1. The molecule has 2 heterocycles. The van der Waals surface area contributed by atoms with E-state index in [1.54, 1.807) is 18.2 Å². The zero-order valence-electron chi connectivity index (χ0n) is 19.6. The van der Waals surface area contributed by atoms with Gasteiger partial charge in [-0.3, -0.25) is 9.69 Å². The van der Waals surface area contributed by atoms with Crippen molar-refractivity contribution in [1.29, 1.82) is 5.26 Å². The predicted octanol–water partition coefficient (Wildman–Crippen LogP) is 6.00. The van der Waals surface area contributed by atoms with Crippen molar-refractivity contribution in [3.05, 3.63) is 87.4 Å². The maximum absolute atomic E-state index is 14.2. The number of fused-ring (bicyclic) bond motifs is 2. The van der Waals surface area contributed by atoms with Gasteiger partial charge in [-0.25, -0.2) is 4.79 Å². The van der Waals surface area contributed by atoms with Crippen LogP contribution >= 0.6 is 11.6 Å². The summed E-state index contributed by atoms with van der Waals surface area (Å²) in [5.41, 5.74) is 2.25. The minimum absolute atomic E-state index is 0.0653. The van der Waals surface area contributed by atoms with Crippen molar-refractivity contribution in [2.75, 3.05) is 4.90 Å². The third-order valence-electron chi connectivity index (χ3n) is 6.94. The number of nitriles is 1. The Morgan fingerprint density at radius 1 is 1.11 bits per heavy atom. The molecular formula is C28H23ClN2O4. The van der Waals surface area contributed by atoms with Gasteiger partial charge in [-0.15, -0.1) is 0 Å². The van der Waals surface area contributed by atoms with E-state index in [1.807, 2.05) is 31.2 Å². The fourth-order valence-corrected chi connectivity index (χ4v) is 5.16. The maximum atomic E-state index is 14.2. The summed E-state index contributed by atoms with van der Waals surface area (Å²) in [6.07, 6.45) is 1.69. The summed E-state index contributed by atoms with van der Waals surface area (Å²) >= 11 is 6.37. The van der Waals surface area contributed by atoms with Crippen molar-refractivity contribution in [2.45, 2.75) is 44.6 Å². The number of hydrogen-bond donors (Lipinski definition) is 1. The quantitative estimate of drug-likeness (QED) is 0.490. The van der Waals surface area contributed by atoms with Gasteiger partial charge < -0.3 is 9.84 Å². The van der Waals surface area contributed by atoms with Gasteiger partial charge in [0, 0.05) is 5.02 Å². The number of carbonyl (C=O) groups excluding carboxylic acids is 1. The highest BCUT2D eigenvalue weighted by Gasteiger charge is 2.50. The van der Waals surface area contributed by atoms with Crippen molar-refractivity contribution in [2.24, 2.45) is 0 Å². The molecule has 3 aromatic carbocycles. The SMILES string of the molecule is CC1(C)CCc2cc([C@]3(C)C(=O)N(c4cc(C#N)cc(C(=O)O)c4)c4ccc(Cl)cc43)ccc2O1. The largest absolute Gasteiger partial charge is 0.488 e. The average Bonchev–Trinajstić information content (AvgIpc) is 3.05. The molecule has 3 aromatic rings. The van der Waals surface area contributed by atoms with Crippen LogP contribution in [0.15, 0.2) is 54.6 Å². The zero-order chi connectivity index (χ0) is 25.1. The fourth-order valence-electron chi connectivity index (χ4n) is 4.99. The normalized spacial score (nSPS) is 20.0. The number of carbonyl (C=O) groups is 2. The summed E-state index contributed by atoms with van der Waals surface area (Å²) < 4.78 is 6.13. The molecule has 0 aromatic heterocycles. The summed E-state index contributed by atoms with van der Waals surface area (Å²) in [6.45, 7) is 5.97. The highest BCUT2D eigenvalue weighted by atomic mass is 35.5. The van der Waals surface area contributed by atoms with E-state index in [2.05, 4.69) is 13.8 Å². The summed E-state index contributed by atoms with van der Waals surface area (Å²) in [4.78, 5) is 27.4. The van der Waals surface area contributed by atoms with Crippen LogP contribution in [0.25, 0.3) is 0 Å². The van der Waals surface area contributed by atoms with Gasteiger partial charge in [-0.2, -0.15) is 5.26 Å². The number of rotatable bonds is 3. The van der Waals surface area contributed by atoms with E-state index in [9.17, 15) is 20.0 Å². The number of benzene rings is 3. The molecule has 2 aliphatic rings. The van der Waals surface area contributed by atoms with Crippen molar-refractivity contribution >= 4 is 34.9 Å². The van der Waals surface area contributed by atoms with Crippen LogP contribution in [-0.2, 0) is 16.6 Å². The maximum Gasteiger partial charge on any atom is 0.335 e. The first-order valence-corrected chi connectivity index (χ1v) is 11.7. The Balaban J connectivity index is 1.69. The van der Waals surface area contributed by atoms with Crippen molar-refractivity contribution in [1.82, 2.24) is 0 Å². The second kappa shape index (κ2) is 7.86. The Morgan fingerprint density at radius 3 is 2.60 bits per heavy atom. The van der Waals surface area contributed by atoms with E-state index in [0.717, 1.165) is 29.7 Å². The Labute approximate surface area is 208 Å². The van der Waals surface area contributed by atoms with Crippen molar-refractivity contribution < 1.29 is 19.4 Å². The number of hydrogen-bond acceptors (Lipinski definition) is 4. The molecular weight excluding hydrogens is 464 g/mol. The lowest BCUT2D eigenvalue weighted by molar-refractivity contribution is -0.120. The summed E-state index contributed by atoms with van der Waals surface area (Å²) in [5.74, 6) is -0.611. The molecule has 0 bridgehead atoms. The molecule has 176 valence electrons. The van der Waals surface area contributed by atoms with Crippen LogP contribution in [0.5, 0.6) is 5.75 Å². The van der Waals surface area contributed by atoms with Gasteiger partial charge >= 0.3 is 5.97 Å². The molecule has 0 fully saturated rings. The molecule has 0 radical (unpaired) electrons. The van der Waals surface area contributed by atoms with Crippen molar-refractivity contribution in [3.63, 3.8) is 0 Å². The Morgan fingerprint density at radius 2 is 1.89 bits per heavy atom. The van der Waals surface area contributed by atoms with Crippen LogP contribution in [0.1, 0.15) is 59.8 Å². The van der Waals surface area contributed by atoms with E-state index in [1.165, 1.54) is 23.1 Å². The molecule has 0 spiro atoms. The predicted molar refractivity (Wildman–Crippen MR) is 133 cm³/mol. The number of carboxylic acid groups (broad SMARTS) is 1. The van der Waals surface area contributed by atoms with Gasteiger partial charge in [0.15, 0.2) is 0 Å². The molecule has 0 aliphatic carbocycles. The van der Waals surface area contributed by atoms with Gasteiger partial charge in [0.2, 0.25) is 5.91 Å². The standard InChI is InChI=1S/C28H23ClN2O4/c1-27(2)9-8-17-12-19(4-7-24(17)35-27)28(3)22-14-20(29)5-6-23(22)31(26(28)34)21-11-16(15-30)10-18(13-21)25(32)33/h4-7,10-14H,8-9H2,1-3H3,(H,32,33)/t28-/m0/s1. The van der Waals surface area contributed by atoms with Crippen LogP contribution in [0.3, 0.4) is 0 Å². The molecule has 1 amide bonds. The molecule has 5 rings (SSSR count). The minimum atomic E-state index is -1.17. The van der Waals surface area contributed by atoms with Crippen LogP contribution in [-0.4, -0.2) is 22.6 Å². The molecule has 1 atom stereocenters. The Bertz CT molecular complexity index is 1460. The van der Waals surface area contributed by atoms with E-state index < -0.39 is 11.4 Å².